The fourth-order valence-corrected chi connectivity index (χ4v) is 1.86. The summed E-state index contributed by atoms with van der Waals surface area (Å²) in [5.74, 6) is 0. The molecule has 0 saturated carbocycles. The minimum atomic E-state index is 0.200. The molecule has 1 aromatic heterocycles. The molecule has 5 nitrogen and oxygen atoms in total. The molecule has 0 aromatic carbocycles. The Balaban J connectivity index is 2.00. The Hall–Kier alpha value is -0.910. The molecule has 2 rings (SSSR count). The van der Waals surface area contributed by atoms with Crippen LogP contribution in [0.15, 0.2) is 6.07 Å². The summed E-state index contributed by atoms with van der Waals surface area (Å²) in [5.41, 5.74) is 2.35. The zero-order chi connectivity index (χ0) is 10.7. The lowest BCUT2D eigenvalue weighted by Gasteiger charge is -2.14. The summed E-state index contributed by atoms with van der Waals surface area (Å²) in [5, 5.41) is 16.6. The molecule has 2 heterocycles. The fraction of sp³-hybridized carbons (Fsp3) is 0.700. The maximum atomic E-state index is 8.80. The van der Waals surface area contributed by atoms with E-state index in [-0.39, 0.29) is 6.61 Å². The van der Waals surface area contributed by atoms with Crippen molar-refractivity contribution in [2.45, 2.75) is 19.6 Å². The molecule has 2 N–H and O–H groups in total. The lowest BCUT2D eigenvalue weighted by atomic mass is 10.3. The molecule has 0 unspecified atom stereocenters. The Morgan fingerprint density at radius 2 is 2.53 bits per heavy atom. The molecule has 0 fully saturated rings. The minimum absolute atomic E-state index is 0.200. The molecular formula is C10H18N4O. The number of aromatic nitrogens is 2. The Labute approximate surface area is 89.7 Å². The van der Waals surface area contributed by atoms with E-state index in [1.807, 2.05) is 7.05 Å². The summed E-state index contributed by atoms with van der Waals surface area (Å²) in [7, 11) is 1.99. The number of hydrogen-bond donors (Lipinski definition) is 2. The topological polar surface area (TPSA) is 53.3 Å². The molecule has 0 spiro atoms. The molecule has 0 atom stereocenters. The van der Waals surface area contributed by atoms with E-state index in [9.17, 15) is 0 Å². The lowest BCUT2D eigenvalue weighted by Crippen LogP contribution is -2.28. The number of rotatable bonds is 4. The van der Waals surface area contributed by atoms with Gasteiger partial charge in [0.2, 0.25) is 0 Å². The van der Waals surface area contributed by atoms with Gasteiger partial charge in [-0.25, -0.2) is 0 Å². The summed E-state index contributed by atoms with van der Waals surface area (Å²) in [6, 6.07) is 2.14. The van der Waals surface area contributed by atoms with Gasteiger partial charge in [-0.3, -0.25) is 9.58 Å². The van der Waals surface area contributed by atoms with Crippen molar-refractivity contribution in [2.24, 2.45) is 0 Å². The van der Waals surface area contributed by atoms with Gasteiger partial charge in [0, 0.05) is 26.2 Å². The molecule has 1 aliphatic rings. The normalized spacial score (nSPS) is 15.7. The van der Waals surface area contributed by atoms with E-state index in [0.29, 0.717) is 6.54 Å². The predicted octanol–water partition coefficient (Wildman–Crippen LogP) is -0.590. The molecule has 0 aliphatic carbocycles. The van der Waals surface area contributed by atoms with Gasteiger partial charge in [-0.05, 0) is 13.1 Å². The van der Waals surface area contributed by atoms with Crippen LogP contribution in [0.4, 0.5) is 0 Å². The van der Waals surface area contributed by atoms with Crippen LogP contribution in [0.2, 0.25) is 0 Å². The van der Waals surface area contributed by atoms with E-state index >= 15 is 0 Å². The lowest BCUT2D eigenvalue weighted by molar-refractivity contribution is 0.215. The smallest absolute Gasteiger partial charge is 0.0768 e. The summed E-state index contributed by atoms with van der Waals surface area (Å²) in [6.45, 7) is 4.57. The number of fused-ring (bicyclic) bond motifs is 1. The number of likely N-dealkylation sites (N-methyl/N-ethyl adjacent to an activating group) is 1. The first-order valence-corrected chi connectivity index (χ1v) is 5.35. The molecular weight excluding hydrogens is 192 g/mol. The van der Waals surface area contributed by atoms with Crippen LogP contribution in [0.3, 0.4) is 0 Å². The van der Waals surface area contributed by atoms with Crippen LogP contribution in [0.5, 0.6) is 0 Å². The van der Waals surface area contributed by atoms with Crippen molar-refractivity contribution >= 4 is 0 Å². The first-order chi connectivity index (χ1) is 7.29. The SMILES string of the molecule is CN(CCO)Cc1cc2n(n1)CCNC2. The second-order valence-corrected chi connectivity index (χ2v) is 3.99. The van der Waals surface area contributed by atoms with Crippen molar-refractivity contribution in [1.82, 2.24) is 20.0 Å². The first kappa shape index (κ1) is 10.6. The van der Waals surface area contributed by atoms with Gasteiger partial charge < -0.3 is 10.4 Å². The number of nitrogens with zero attached hydrogens (tertiary/aromatic N) is 3. The van der Waals surface area contributed by atoms with Crippen LogP contribution in [-0.2, 0) is 19.6 Å². The summed E-state index contributed by atoms with van der Waals surface area (Å²) >= 11 is 0. The molecule has 1 aliphatic heterocycles. The van der Waals surface area contributed by atoms with E-state index in [4.69, 9.17) is 5.11 Å². The third-order valence-electron chi connectivity index (χ3n) is 2.63. The van der Waals surface area contributed by atoms with E-state index in [0.717, 1.165) is 31.9 Å². The first-order valence-electron chi connectivity index (χ1n) is 5.35. The van der Waals surface area contributed by atoms with Crippen LogP contribution in [0, 0.1) is 0 Å². The van der Waals surface area contributed by atoms with Crippen molar-refractivity contribution < 1.29 is 5.11 Å². The minimum Gasteiger partial charge on any atom is -0.395 e. The van der Waals surface area contributed by atoms with Crippen LogP contribution in [0.25, 0.3) is 0 Å². The van der Waals surface area contributed by atoms with Crippen LogP contribution < -0.4 is 5.32 Å². The van der Waals surface area contributed by atoms with Crippen molar-refractivity contribution in [3.8, 4) is 0 Å². The molecule has 15 heavy (non-hydrogen) atoms. The number of aliphatic hydroxyl groups excluding tert-OH is 1. The van der Waals surface area contributed by atoms with Crippen LogP contribution in [-0.4, -0.2) is 46.5 Å². The predicted molar refractivity (Wildman–Crippen MR) is 57.4 cm³/mol. The van der Waals surface area contributed by atoms with Gasteiger partial charge in [-0.2, -0.15) is 5.10 Å². The van der Waals surface area contributed by atoms with Crippen molar-refractivity contribution in [1.29, 1.82) is 0 Å². The average Bonchev–Trinajstić information content (AvgIpc) is 2.59. The highest BCUT2D eigenvalue weighted by Crippen LogP contribution is 2.09. The summed E-state index contributed by atoms with van der Waals surface area (Å²) in [4.78, 5) is 2.07. The van der Waals surface area contributed by atoms with Gasteiger partial charge in [0.25, 0.3) is 0 Å². The third-order valence-corrected chi connectivity index (χ3v) is 2.63. The van der Waals surface area contributed by atoms with Gasteiger partial charge in [-0.15, -0.1) is 0 Å². The standard InChI is InChI=1S/C10H18N4O/c1-13(4-5-15)8-9-6-10-7-11-2-3-14(10)12-9/h6,11,15H,2-5,7-8H2,1H3. The largest absolute Gasteiger partial charge is 0.395 e. The average molecular weight is 210 g/mol. The van der Waals surface area contributed by atoms with Crippen LogP contribution in [0.1, 0.15) is 11.4 Å². The highest BCUT2D eigenvalue weighted by atomic mass is 16.3. The maximum absolute atomic E-state index is 8.80. The molecule has 0 saturated heterocycles. The quantitative estimate of drug-likeness (QED) is 0.697. The Morgan fingerprint density at radius 1 is 1.67 bits per heavy atom. The Bertz CT molecular complexity index is 300. The highest BCUT2D eigenvalue weighted by molar-refractivity contribution is 5.11. The van der Waals surface area contributed by atoms with Gasteiger partial charge in [0.05, 0.1) is 24.5 Å². The van der Waals surface area contributed by atoms with E-state index < -0.39 is 0 Å². The van der Waals surface area contributed by atoms with Crippen molar-refractivity contribution in [3.63, 3.8) is 0 Å². The number of aliphatic hydroxyl groups is 1. The second-order valence-electron chi connectivity index (χ2n) is 3.99. The Kier molecular flexibility index (Phi) is 3.35. The molecule has 84 valence electrons. The number of hydrogen-bond acceptors (Lipinski definition) is 4. The highest BCUT2D eigenvalue weighted by Gasteiger charge is 2.12. The third kappa shape index (κ3) is 2.56. The van der Waals surface area contributed by atoms with Crippen LogP contribution >= 0.6 is 0 Å². The second kappa shape index (κ2) is 4.74. The molecule has 5 heteroatoms. The summed E-state index contributed by atoms with van der Waals surface area (Å²) in [6.07, 6.45) is 0. The van der Waals surface area contributed by atoms with Crippen molar-refractivity contribution in [2.75, 3.05) is 26.7 Å². The zero-order valence-corrected chi connectivity index (χ0v) is 9.11. The van der Waals surface area contributed by atoms with E-state index in [1.54, 1.807) is 0 Å². The molecule has 0 radical (unpaired) electrons. The van der Waals surface area contributed by atoms with Crippen molar-refractivity contribution in [3.05, 3.63) is 17.5 Å². The summed E-state index contributed by atoms with van der Waals surface area (Å²) < 4.78 is 2.07. The Morgan fingerprint density at radius 3 is 3.27 bits per heavy atom. The van der Waals surface area contributed by atoms with Gasteiger partial charge in [0.15, 0.2) is 0 Å². The fourth-order valence-electron chi connectivity index (χ4n) is 1.86. The number of nitrogens with one attached hydrogen (secondary N) is 1. The van der Waals surface area contributed by atoms with Gasteiger partial charge in [0.1, 0.15) is 0 Å². The zero-order valence-electron chi connectivity index (χ0n) is 9.11. The van der Waals surface area contributed by atoms with E-state index in [1.165, 1.54) is 5.69 Å². The molecule has 0 bridgehead atoms. The molecule has 1 aromatic rings. The van der Waals surface area contributed by atoms with Gasteiger partial charge in [-0.1, -0.05) is 0 Å². The molecule has 0 amide bonds. The van der Waals surface area contributed by atoms with E-state index in [2.05, 4.69) is 26.1 Å². The monoisotopic (exact) mass is 210 g/mol. The maximum Gasteiger partial charge on any atom is 0.0768 e. The van der Waals surface area contributed by atoms with Gasteiger partial charge >= 0.3 is 0 Å².